The number of carbonyl (C=O) groups is 1. The van der Waals surface area contributed by atoms with Gasteiger partial charge in [-0.05, 0) is 29.1 Å². The lowest BCUT2D eigenvalue weighted by Gasteiger charge is -2.10. The van der Waals surface area contributed by atoms with Crippen molar-refractivity contribution in [2.45, 2.75) is 12.8 Å². The Hall–Kier alpha value is -2.01. The molecule has 0 bridgehead atoms. The van der Waals surface area contributed by atoms with Crippen LogP contribution in [-0.4, -0.2) is 23.2 Å². The van der Waals surface area contributed by atoms with Gasteiger partial charge in [0.2, 0.25) is 5.91 Å². The number of rotatable bonds is 3. The van der Waals surface area contributed by atoms with Crippen molar-refractivity contribution in [1.82, 2.24) is 5.01 Å². The Kier molecular flexibility index (Phi) is 3.60. The summed E-state index contributed by atoms with van der Waals surface area (Å²) in [5, 5.41) is 7.82. The van der Waals surface area contributed by atoms with Crippen LogP contribution in [0.5, 0.6) is 0 Å². The van der Waals surface area contributed by atoms with E-state index in [2.05, 4.69) is 5.10 Å². The van der Waals surface area contributed by atoms with Crippen LogP contribution in [0.25, 0.3) is 0 Å². The fourth-order valence-electron chi connectivity index (χ4n) is 2.14. The van der Waals surface area contributed by atoms with E-state index in [4.69, 9.17) is 0 Å². The van der Waals surface area contributed by atoms with E-state index in [0.717, 1.165) is 16.2 Å². The van der Waals surface area contributed by atoms with Crippen molar-refractivity contribution < 1.29 is 9.18 Å². The molecule has 20 heavy (non-hydrogen) atoms. The minimum atomic E-state index is -0.266. The van der Waals surface area contributed by atoms with Crippen molar-refractivity contribution in [3.8, 4) is 0 Å². The average molecular weight is 288 g/mol. The molecule has 1 aliphatic heterocycles. The largest absolute Gasteiger partial charge is 0.273 e. The highest BCUT2D eigenvalue weighted by molar-refractivity contribution is 7.10. The second-order valence-electron chi connectivity index (χ2n) is 4.58. The molecule has 102 valence electrons. The van der Waals surface area contributed by atoms with Gasteiger partial charge >= 0.3 is 0 Å². The maximum absolute atomic E-state index is 12.9. The number of hydrogen-bond donors (Lipinski definition) is 0. The SMILES string of the molecule is O=C(Cc1cccs1)N1CCC(c2ccc(F)cc2)=N1. The number of thiophene rings is 1. The Labute approximate surface area is 120 Å². The minimum absolute atomic E-state index is 0.00422. The summed E-state index contributed by atoms with van der Waals surface area (Å²) in [6, 6.07) is 10.1. The molecular formula is C15H13FN2OS. The highest BCUT2D eigenvalue weighted by Crippen LogP contribution is 2.17. The van der Waals surface area contributed by atoms with E-state index < -0.39 is 0 Å². The molecule has 1 aromatic carbocycles. The van der Waals surface area contributed by atoms with Gasteiger partial charge in [-0.2, -0.15) is 5.10 Å². The van der Waals surface area contributed by atoms with Crippen molar-refractivity contribution in [2.24, 2.45) is 5.10 Å². The number of hydrazone groups is 1. The Morgan fingerprint density at radius 2 is 2.10 bits per heavy atom. The monoisotopic (exact) mass is 288 g/mol. The first kappa shape index (κ1) is 13.0. The minimum Gasteiger partial charge on any atom is -0.273 e. The van der Waals surface area contributed by atoms with Crippen LogP contribution >= 0.6 is 11.3 Å². The van der Waals surface area contributed by atoms with Gasteiger partial charge in [0.25, 0.3) is 0 Å². The summed E-state index contributed by atoms with van der Waals surface area (Å²) in [5.74, 6) is -0.262. The number of hydrogen-bond acceptors (Lipinski definition) is 3. The van der Waals surface area contributed by atoms with E-state index in [0.29, 0.717) is 19.4 Å². The Morgan fingerprint density at radius 3 is 2.80 bits per heavy atom. The van der Waals surface area contributed by atoms with E-state index in [1.807, 2.05) is 17.5 Å². The number of amides is 1. The number of halogens is 1. The third-order valence-electron chi connectivity index (χ3n) is 3.17. The van der Waals surface area contributed by atoms with Crippen LogP contribution in [0.4, 0.5) is 4.39 Å². The zero-order chi connectivity index (χ0) is 13.9. The fraction of sp³-hybridized carbons (Fsp3) is 0.200. The van der Waals surface area contributed by atoms with Crippen molar-refractivity contribution in [3.05, 3.63) is 58.0 Å². The van der Waals surface area contributed by atoms with E-state index in [9.17, 15) is 9.18 Å². The topological polar surface area (TPSA) is 32.7 Å². The van der Waals surface area contributed by atoms with Crippen LogP contribution in [0.3, 0.4) is 0 Å². The second kappa shape index (κ2) is 5.54. The standard InChI is InChI=1S/C15H13FN2OS/c16-12-5-3-11(4-6-12)14-7-8-18(17-14)15(19)10-13-2-1-9-20-13/h1-6,9H,7-8,10H2. The second-order valence-corrected chi connectivity index (χ2v) is 5.61. The quantitative estimate of drug-likeness (QED) is 0.854. The third kappa shape index (κ3) is 2.77. The van der Waals surface area contributed by atoms with Crippen molar-refractivity contribution in [1.29, 1.82) is 0 Å². The summed E-state index contributed by atoms with van der Waals surface area (Å²) in [6.45, 7) is 0.594. The molecule has 0 radical (unpaired) electrons. The first-order valence-electron chi connectivity index (χ1n) is 6.38. The molecule has 1 aromatic heterocycles. The van der Waals surface area contributed by atoms with E-state index in [1.165, 1.54) is 17.1 Å². The van der Waals surface area contributed by atoms with Crippen LogP contribution in [0.1, 0.15) is 16.9 Å². The molecule has 1 aliphatic rings. The molecule has 2 heterocycles. The Morgan fingerprint density at radius 1 is 1.30 bits per heavy atom. The summed E-state index contributed by atoms with van der Waals surface area (Å²) < 4.78 is 12.9. The summed E-state index contributed by atoms with van der Waals surface area (Å²) in [4.78, 5) is 13.2. The first-order chi connectivity index (χ1) is 9.72. The van der Waals surface area contributed by atoms with Gasteiger partial charge in [-0.1, -0.05) is 18.2 Å². The molecule has 1 amide bonds. The molecule has 5 heteroatoms. The third-order valence-corrected chi connectivity index (χ3v) is 4.05. The molecule has 0 atom stereocenters. The van der Waals surface area contributed by atoms with Gasteiger partial charge in [0.1, 0.15) is 5.82 Å². The lowest BCUT2D eigenvalue weighted by Crippen LogP contribution is -2.24. The highest BCUT2D eigenvalue weighted by atomic mass is 32.1. The zero-order valence-corrected chi connectivity index (χ0v) is 11.6. The molecular weight excluding hydrogens is 275 g/mol. The summed E-state index contributed by atoms with van der Waals surface area (Å²) in [7, 11) is 0. The predicted molar refractivity (Wildman–Crippen MR) is 77.3 cm³/mol. The molecule has 0 saturated heterocycles. The van der Waals surface area contributed by atoms with Crippen LogP contribution < -0.4 is 0 Å². The molecule has 3 nitrogen and oxygen atoms in total. The van der Waals surface area contributed by atoms with Crippen LogP contribution in [-0.2, 0) is 11.2 Å². The summed E-state index contributed by atoms with van der Waals surface area (Å²) >= 11 is 1.57. The number of nitrogens with zero attached hydrogens (tertiary/aromatic N) is 2. The summed E-state index contributed by atoms with van der Waals surface area (Å²) in [6.07, 6.45) is 1.10. The van der Waals surface area contributed by atoms with Gasteiger partial charge < -0.3 is 0 Å². The van der Waals surface area contributed by atoms with Gasteiger partial charge in [0, 0.05) is 11.3 Å². The van der Waals surface area contributed by atoms with E-state index in [-0.39, 0.29) is 11.7 Å². The van der Waals surface area contributed by atoms with Gasteiger partial charge in [-0.3, -0.25) is 4.79 Å². The first-order valence-corrected chi connectivity index (χ1v) is 7.26. The Bertz CT molecular complexity index is 634. The smallest absolute Gasteiger partial charge is 0.247 e. The molecule has 0 saturated carbocycles. The molecule has 0 fully saturated rings. The van der Waals surface area contributed by atoms with Gasteiger partial charge in [0.05, 0.1) is 18.7 Å². The fourth-order valence-corrected chi connectivity index (χ4v) is 2.83. The molecule has 0 aliphatic carbocycles. The van der Waals surface area contributed by atoms with Gasteiger partial charge in [-0.25, -0.2) is 9.40 Å². The van der Waals surface area contributed by atoms with Crippen LogP contribution in [0.15, 0.2) is 46.9 Å². The molecule has 3 rings (SSSR count). The van der Waals surface area contributed by atoms with E-state index >= 15 is 0 Å². The van der Waals surface area contributed by atoms with E-state index in [1.54, 1.807) is 23.5 Å². The molecule has 0 unspecified atom stereocenters. The lowest BCUT2D eigenvalue weighted by molar-refractivity contribution is -0.129. The molecule has 2 aromatic rings. The van der Waals surface area contributed by atoms with Gasteiger partial charge in [0.15, 0.2) is 0 Å². The number of carbonyl (C=O) groups excluding carboxylic acids is 1. The van der Waals surface area contributed by atoms with Crippen molar-refractivity contribution >= 4 is 23.0 Å². The lowest BCUT2D eigenvalue weighted by atomic mass is 10.1. The summed E-state index contributed by atoms with van der Waals surface area (Å²) in [5.41, 5.74) is 1.71. The van der Waals surface area contributed by atoms with Gasteiger partial charge in [-0.15, -0.1) is 11.3 Å². The maximum atomic E-state index is 12.9. The number of benzene rings is 1. The van der Waals surface area contributed by atoms with Crippen LogP contribution in [0, 0.1) is 5.82 Å². The molecule has 0 spiro atoms. The van der Waals surface area contributed by atoms with Crippen molar-refractivity contribution in [2.75, 3.05) is 6.54 Å². The highest BCUT2D eigenvalue weighted by Gasteiger charge is 2.21. The Balaban J connectivity index is 1.71. The zero-order valence-electron chi connectivity index (χ0n) is 10.8. The van der Waals surface area contributed by atoms with Crippen LogP contribution in [0.2, 0.25) is 0 Å². The van der Waals surface area contributed by atoms with Crippen molar-refractivity contribution in [3.63, 3.8) is 0 Å². The maximum Gasteiger partial charge on any atom is 0.247 e. The average Bonchev–Trinajstić information content (AvgIpc) is 3.10. The molecule has 0 N–H and O–H groups in total. The normalized spacial score (nSPS) is 14.4. The predicted octanol–water partition coefficient (Wildman–Crippen LogP) is 3.07.